The highest BCUT2D eigenvalue weighted by atomic mass is 32.3. The van der Waals surface area contributed by atoms with Gasteiger partial charge in [0.2, 0.25) is 0 Å². The summed E-state index contributed by atoms with van der Waals surface area (Å²) in [5, 5.41) is -0.0587. The Balaban J connectivity index is 3.19. The summed E-state index contributed by atoms with van der Waals surface area (Å²) in [4.78, 5) is 12.6. The summed E-state index contributed by atoms with van der Waals surface area (Å²) in [5.74, 6) is 0.298. The van der Waals surface area contributed by atoms with Crippen molar-refractivity contribution >= 4 is 26.2 Å². The van der Waals surface area contributed by atoms with Crippen LogP contribution >= 0.6 is 10.3 Å². The van der Waals surface area contributed by atoms with E-state index in [-0.39, 0.29) is 26.9 Å². The van der Waals surface area contributed by atoms with Crippen LogP contribution in [0, 0.1) is 6.92 Å². The van der Waals surface area contributed by atoms with Crippen LogP contribution in [-0.2, 0) is 18.5 Å². The molecule has 6 heteroatoms. The maximum Gasteiger partial charge on any atom is 0.306 e. The highest BCUT2D eigenvalue weighted by Crippen LogP contribution is 2.59. The molecule has 0 atom stereocenters. The SMILES string of the molecule is CCCCC(=O)CS(OS(=O)(=O)c1ccc(C)cc1)(C(C)C)C(C)C. The molecule has 0 bridgehead atoms. The van der Waals surface area contributed by atoms with Crippen molar-refractivity contribution in [3.05, 3.63) is 29.8 Å². The maximum atomic E-state index is 12.9. The molecule has 0 saturated heterocycles. The fourth-order valence-corrected chi connectivity index (χ4v) is 8.64. The molecule has 0 aliphatic rings. The summed E-state index contributed by atoms with van der Waals surface area (Å²) in [7, 11) is -6.02. The Hall–Kier alpha value is -0.850. The number of hydrogen-bond acceptors (Lipinski definition) is 4. The molecule has 0 amide bonds. The first-order chi connectivity index (χ1) is 11.5. The van der Waals surface area contributed by atoms with Crippen molar-refractivity contribution in [2.24, 2.45) is 0 Å². The number of aryl methyl sites for hydroxylation is 1. The number of ketones is 1. The molecule has 144 valence electrons. The predicted molar refractivity (Wildman–Crippen MR) is 107 cm³/mol. The highest BCUT2D eigenvalue weighted by molar-refractivity contribution is 8.34. The van der Waals surface area contributed by atoms with Gasteiger partial charge in [-0.3, -0.25) is 4.79 Å². The highest BCUT2D eigenvalue weighted by Gasteiger charge is 2.39. The van der Waals surface area contributed by atoms with Crippen LogP contribution in [0.15, 0.2) is 29.2 Å². The zero-order valence-corrected chi connectivity index (χ0v) is 17.9. The third-order valence-electron chi connectivity index (χ3n) is 4.32. The van der Waals surface area contributed by atoms with Gasteiger partial charge in [-0.05, 0) is 25.5 Å². The van der Waals surface area contributed by atoms with Crippen LogP contribution in [0.25, 0.3) is 0 Å². The number of rotatable bonds is 10. The molecule has 0 spiro atoms. The van der Waals surface area contributed by atoms with E-state index in [9.17, 15) is 13.2 Å². The Morgan fingerprint density at radius 1 is 1.04 bits per heavy atom. The second kappa shape index (κ2) is 9.19. The first-order valence-electron chi connectivity index (χ1n) is 8.88. The smallest absolute Gasteiger partial charge is 0.299 e. The summed E-state index contributed by atoms with van der Waals surface area (Å²) in [6.07, 6.45) is 2.26. The lowest BCUT2D eigenvalue weighted by Crippen LogP contribution is -2.32. The molecule has 1 aromatic carbocycles. The van der Waals surface area contributed by atoms with E-state index in [4.69, 9.17) is 3.63 Å². The maximum absolute atomic E-state index is 12.9. The van der Waals surface area contributed by atoms with Gasteiger partial charge in [0.1, 0.15) is 5.78 Å². The van der Waals surface area contributed by atoms with Gasteiger partial charge < -0.3 is 0 Å². The Morgan fingerprint density at radius 2 is 1.56 bits per heavy atom. The molecule has 0 aromatic heterocycles. The van der Waals surface area contributed by atoms with Crippen molar-refractivity contribution in [3.63, 3.8) is 0 Å². The number of Topliss-reactive ketones (excluding diaryl/α,β-unsaturated/α-hetero) is 1. The standard InChI is InChI=1S/C19H32O4S2/c1-7-8-9-18(20)14-24(15(2)3,16(4)5)23-25(21,22)19-12-10-17(6)11-13-19/h10-13,15-16H,7-9,14H2,1-6H3. The monoisotopic (exact) mass is 388 g/mol. The van der Waals surface area contributed by atoms with E-state index in [1.807, 2.05) is 41.5 Å². The van der Waals surface area contributed by atoms with E-state index in [0.29, 0.717) is 6.42 Å². The van der Waals surface area contributed by atoms with E-state index < -0.39 is 20.4 Å². The molecule has 0 unspecified atom stereocenters. The van der Waals surface area contributed by atoms with Crippen LogP contribution in [0.5, 0.6) is 0 Å². The van der Waals surface area contributed by atoms with E-state index in [0.717, 1.165) is 18.4 Å². The Labute approximate surface area is 155 Å². The topological polar surface area (TPSA) is 60.4 Å². The third kappa shape index (κ3) is 5.83. The van der Waals surface area contributed by atoms with Gasteiger partial charge in [-0.15, -0.1) is 10.3 Å². The van der Waals surface area contributed by atoms with Crippen LogP contribution in [0.1, 0.15) is 59.4 Å². The van der Waals surface area contributed by atoms with Gasteiger partial charge in [-0.1, -0.05) is 58.7 Å². The quantitative estimate of drug-likeness (QED) is 0.566. The van der Waals surface area contributed by atoms with Crippen LogP contribution in [0.3, 0.4) is 0 Å². The molecule has 0 saturated carbocycles. The molecule has 0 fully saturated rings. The zero-order valence-electron chi connectivity index (χ0n) is 16.2. The summed E-state index contributed by atoms with van der Waals surface area (Å²) in [5.41, 5.74) is 0.986. The number of benzene rings is 1. The van der Waals surface area contributed by atoms with Gasteiger partial charge in [0.15, 0.2) is 0 Å². The van der Waals surface area contributed by atoms with E-state index >= 15 is 0 Å². The molecular weight excluding hydrogens is 356 g/mol. The second-order valence-corrected chi connectivity index (χ2v) is 12.7. The summed E-state index contributed by atoms with van der Waals surface area (Å²) < 4.78 is 31.6. The van der Waals surface area contributed by atoms with Crippen molar-refractivity contribution in [1.82, 2.24) is 0 Å². The fraction of sp³-hybridized carbons (Fsp3) is 0.632. The fourth-order valence-electron chi connectivity index (χ4n) is 2.67. The van der Waals surface area contributed by atoms with E-state index in [2.05, 4.69) is 0 Å². The Bertz CT molecular complexity index is 653. The molecule has 4 nitrogen and oxygen atoms in total. The summed E-state index contributed by atoms with van der Waals surface area (Å²) >= 11 is 0. The normalized spacial score (nSPS) is 13.4. The van der Waals surface area contributed by atoms with Crippen LogP contribution < -0.4 is 0 Å². The van der Waals surface area contributed by atoms with Gasteiger partial charge in [-0.25, -0.2) is 3.63 Å². The van der Waals surface area contributed by atoms with Crippen LogP contribution in [0.4, 0.5) is 0 Å². The van der Waals surface area contributed by atoms with Crippen molar-refractivity contribution in [2.75, 3.05) is 5.75 Å². The number of hydrogen-bond donors (Lipinski definition) is 0. The molecule has 1 aromatic rings. The van der Waals surface area contributed by atoms with Gasteiger partial charge in [-0.2, -0.15) is 8.42 Å². The Kier molecular flexibility index (Phi) is 8.16. The second-order valence-electron chi connectivity index (χ2n) is 7.00. The first-order valence-corrected chi connectivity index (χ1v) is 12.1. The summed E-state index contributed by atoms with van der Waals surface area (Å²) in [6, 6.07) is 6.64. The lowest BCUT2D eigenvalue weighted by atomic mass is 10.2. The van der Waals surface area contributed by atoms with E-state index in [1.165, 1.54) is 0 Å². The molecule has 0 heterocycles. The molecule has 0 aliphatic heterocycles. The minimum absolute atomic E-state index is 0.0294. The molecule has 0 radical (unpaired) electrons. The van der Waals surface area contributed by atoms with Crippen molar-refractivity contribution in [3.8, 4) is 0 Å². The minimum Gasteiger partial charge on any atom is -0.299 e. The van der Waals surface area contributed by atoms with Gasteiger partial charge >= 0.3 is 10.1 Å². The minimum atomic E-state index is -3.91. The molecule has 0 N–H and O–H groups in total. The average molecular weight is 389 g/mol. The van der Waals surface area contributed by atoms with Crippen molar-refractivity contribution in [1.29, 1.82) is 0 Å². The number of unbranched alkanes of at least 4 members (excludes halogenated alkanes) is 1. The number of carbonyl (C=O) groups is 1. The lowest BCUT2D eigenvalue weighted by molar-refractivity contribution is -0.116. The van der Waals surface area contributed by atoms with Crippen molar-refractivity contribution in [2.45, 2.75) is 76.2 Å². The average Bonchev–Trinajstić information content (AvgIpc) is 2.52. The predicted octanol–water partition coefficient (Wildman–Crippen LogP) is 5.00. The molecule has 1 rings (SSSR count). The first kappa shape index (κ1) is 22.2. The van der Waals surface area contributed by atoms with Gasteiger partial charge in [0, 0.05) is 16.9 Å². The van der Waals surface area contributed by atoms with E-state index in [1.54, 1.807) is 24.3 Å². The molecule has 0 aliphatic carbocycles. The van der Waals surface area contributed by atoms with Crippen molar-refractivity contribution < 1.29 is 16.8 Å². The number of carbonyl (C=O) groups excluding carboxylic acids is 1. The van der Waals surface area contributed by atoms with Gasteiger partial charge in [0.05, 0.1) is 10.6 Å². The Morgan fingerprint density at radius 3 is 2.00 bits per heavy atom. The zero-order chi connectivity index (χ0) is 19.3. The van der Waals surface area contributed by atoms with Gasteiger partial charge in [0.25, 0.3) is 0 Å². The molecular formula is C19H32O4S2. The largest absolute Gasteiger partial charge is 0.306 e. The van der Waals surface area contributed by atoms with Crippen LogP contribution in [0.2, 0.25) is 0 Å². The summed E-state index contributed by atoms with van der Waals surface area (Å²) in [6.45, 7) is 11.7. The molecule has 25 heavy (non-hydrogen) atoms. The van der Waals surface area contributed by atoms with Crippen LogP contribution in [-0.4, -0.2) is 30.5 Å². The third-order valence-corrected chi connectivity index (χ3v) is 10.9. The lowest BCUT2D eigenvalue weighted by Gasteiger charge is -2.45.